The van der Waals surface area contributed by atoms with Crippen LogP contribution in [0.25, 0.3) is 10.8 Å². The van der Waals surface area contributed by atoms with Crippen molar-refractivity contribution >= 4 is 38.5 Å². The Kier molecular flexibility index (Phi) is 8.90. The van der Waals surface area contributed by atoms with Crippen molar-refractivity contribution in [3.63, 3.8) is 0 Å². The summed E-state index contributed by atoms with van der Waals surface area (Å²) in [5.74, 6) is 0.144. The lowest BCUT2D eigenvalue weighted by atomic mass is 9.88. The van der Waals surface area contributed by atoms with Gasteiger partial charge in [-0.3, -0.25) is 19.1 Å². The Morgan fingerprint density at radius 1 is 1.18 bits per heavy atom. The molecule has 1 aromatic heterocycles. The smallest absolute Gasteiger partial charge is 0.259 e. The predicted molar refractivity (Wildman–Crippen MR) is 184 cm³/mol. The third kappa shape index (κ3) is 6.53. The quantitative estimate of drug-likeness (QED) is 0.419. The Labute approximate surface area is 288 Å². The van der Waals surface area contributed by atoms with Crippen molar-refractivity contribution in [1.82, 2.24) is 19.9 Å². The summed E-state index contributed by atoms with van der Waals surface area (Å²) in [6, 6.07) is 5.06. The number of amides is 3. The number of rotatable bonds is 6. The summed E-state index contributed by atoms with van der Waals surface area (Å²) in [5.41, 5.74) is -0.261. The number of aryl methyl sites for hydroxylation is 1. The van der Waals surface area contributed by atoms with Crippen molar-refractivity contribution < 1.29 is 32.3 Å². The largest absolute Gasteiger partial charge is 0.493 e. The van der Waals surface area contributed by atoms with Gasteiger partial charge in [0, 0.05) is 35.7 Å². The van der Waals surface area contributed by atoms with E-state index in [1.165, 1.54) is 0 Å². The molecular weight excluding hydrogens is 644 g/mol. The van der Waals surface area contributed by atoms with Crippen LogP contribution in [0, 0.1) is 17.8 Å². The Morgan fingerprint density at radius 3 is 2.78 bits per heavy atom. The number of nitrogens with one attached hydrogen (secondary N) is 2. The number of ether oxygens (including phenoxy) is 2. The SMILES string of the molecule is CC[C@H]1CC(=O)N2C[C@H](Oc3nccc4c5c(ccc34)CCCO5)C[C@H]2C(=O)N[C@]2(C(=O)NS(=O)(=O)C3(C)CC3)CC2/C=C\CC[C@H](C)C1. The van der Waals surface area contributed by atoms with E-state index in [0.717, 1.165) is 60.6 Å². The van der Waals surface area contributed by atoms with Crippen LogP contribution in [0.1, 0.15) is 90.5 Å². The fraction of sp³-hybridized carbons (Fsp3) is 0.622. The number of aromatic nitrogens is 1. The van der Waals surface area contributed by atoms with Gasteiger partial charge >= 0.3 is 0 Å². The van der Waals surface area contributed by atoms with Gasteiger partial charge < -0.3 is 19.7 Å². The van der Waals surface area contributed by atoms with Gasteiger partial charge in [-0.15, -0.1) is 0 Å². The molecule has 264 valence electrons. The zero-order valence-electron chi connectivity index (χ0n) is 28.7. The first kappa shape index (κ1) is 33.8. The number of hydrogen-bond donors (Lipinski definition) is 2. The van der Waals surface area contributed by atoms with Gasteiger partial charge in [0.15, 0.2) is 0 Å². The molecule has 12 heteroatoms. The van der Waals surface area contributed by atoms with Crippen LogP contribution in [0.5, 0.6) is 11.6 Å². The van der Waals surface area contributed by atoms with E-state index in [0.29, 0.717) is 37.7 Å². The van der Waals surface area contributed by atoms with E-state index in [1.54, 1.807) is 18.0 Å². The fourth-order valence-electron chi connectivity index (χ4n) is 7.86. The molecule has 2 aromatic rings. The number of fused-ring (bicyclic) bond motifs is 5. The molecule has 2 N–H and O–H groups in total. The average Bonchev–Trinajstić information content (AvgIpc) is 3.96. The maximum atomic E-state index is 14.2. The monoisotopic (exact) mass is 692 g/mol. The molecule has 7 rings (SSSR count). The summed E-state index contributed by atoms with van der Waals surface area (Å²) in [6.07, 6.45) is 12.3. The van der Waals surface area contributed by atoms with Crippen molar-refractivity contribution in [1.29, 1.82) is 0 Å². The highest BCUT2D eigenvalue weighted by atomic mass is 32.2. The van der Waals surface area contributed by atoms with Crippen molar-refractivity contribution in [2.75, 3.05) is 13.2 Å². The Balaban J connectivity index is 1.17. The molecule has 4 heterocycles. The first-order valence-electron chi connectivity index (χ1n) is 18.0. The first-order chi connectivity index (χ1) is 23.4. The van der Waals surface area contributed by atoms with Gasteiger partial charge in [0.25, 0.3) is 5.91 Å². The zero-order chi connectivity index (χ0) is 34.6. The molecule has 11 nitrogen and oxygen atoms in total. The molecular formula is C37H48N4O7S. The molecule has 1 aromatic carbocycles. The maximum Gasteiger partial charge on any atom is 0.259 e. The molecule has 3 fully saturated rings. The Hall–Kier alpha value is -3.67. The number of nitrogens with zero attached hydrogens (tertiary/aromatic N) is 2. The lowest BCUT2D eigenvalue weighted by Crippen LogP contribution is -2.57. The van der Waals surface area contributed by atoms with Crippen molar-refractivity contribution in [3.8, 4) is 11.6 Å². The summed E-state index contributed by atoms with van der Waals surface area (Å²) >= 11 is 0. The molecule has 0 bridgehead atoms. The van der Waals surface area contributed by atoms with E-state index in [4.69, 9.17) is 9.47 Å². The Morgan fingerprint density at radius 2 is 2.00 bits per heavy atom. The molecule has 1 saturated heterocycles. The molecule has 0 spiro atoms. The number of carbonyl (C=O) groups is 3. The summed E-state index contributed by atoms with van der Waals surface area (Å²) in [5, 5.41) is 4.68. The van der Waals surface area contributed by atoms with Crippen LogP contribution in [0.4, 0.5) is 0 Å². The number of benzene rings is 1. The normalized spacial score (nSPS) is 31.9. The highest BCUT2D eigenvalue weighted by Gasteiger charge is 2.63. The average molecular weight is 693 g/mol. The standard InChI is InChI=1S/C37H48N4O7S/c1-4-24-18-23(2)8-5-6-10-26-21-37(26,35(44)40-49(45,46)36(3)14-15-36)39-33(43)30-20-27(22-41(30)31(42)19-24)48-34-29-12-11-25-9-7-17-47-32(25)28(29)13-16-38-34/h6,10-13,16,23-24,26-27,30H,4-5,7-9,14-15,17-22H2,1-3H3,(H,39,43)(H,40,44)/b10-6-/t23-,24+,26?,27+,30-,37+/m0/s1. The summed E-state index contributed by atoms with van der Waals surface area (Å²) in [4.78, 5) is 48.1. The van der Waals surface area contributed by atoms with Crippen LogP contribution in [0.15, 0.2) is 36.5 Å². The van der Waals surface area contributed by atoms with Gasteiger partial charge in [-0.05, 0) is 87.8 Å². The number of allylic oxidation sites excluding steroid dienone is 1. The minimum Gasteiger partial charge on any atom is -0.493 e. The molecule has 2 saturated carbocycles. The third-order valence-electron chi connectivity index (χ3n) is 11.5. The first-order valence-corrected chi connectivity index (χ1v) is 19.5. The number of hydrogen-bond acceptors (Lipinski definition) is 8. The molecule has 6 atom stereocenters. The van der Waals surface area contributed by atoms with Crippen LogP contribution in [0.2, 0.25) is 0 Å². The zero-order valence-corrected chi connectivity index (χ0v) is 29.5. The molecule has 49 heavy (non-hydrogen) atoms. The maximum absolute atomic E-state index is 14.2. The second kappa shape index (κ2) is 12.9. The Bertz CT molecular complexity index is 1790. The van der Waals surface area contributed by atoms with E-state index in [2.05, 4.69) is 28.9 Å². The van der Waals surface area contributed by atoms with Gasteiger partial charge in [0.05, 0.1) is 17.9 Å². The van der Waals surface area contributed by atoms with Crippen LogP contribution >= 0.6 is 0 Å². The third-order valence-corrected chi connectivity index (χ3v) is 13.7. The highest BCUT2D eigenvalue weighted by Crippen LogP contribution is 2.48. The van der Waals surface area contributed by atoms with Gasteiger partial charge in [-0.25, -0.2) is 13.4 Å². The predicted octanol–water partition coefficient (Wildman–Crippen LogP) is 4.57. The van der Waals surface area contributed by atoms with Crippen molar-refractivity contribution in [3.05, 3.63) is 42.1 Å². The van der Waals surface area contributed by atoms with Crippen LogP contribution in [0.3, 0.4) is 0 Å². The number of carbonyl (C=O) groups excluding carboxylic acids is 3. The van der Waals surface area contributed by atoms with Gasteiger partial charge in [0.2, 0.25) is 27.7 Å². The van der Waals surface area contributed by atoms with Crippen LogP contribution < -0.4 is 19.5 Å². The lowest BCUT2D eigenvalue weighted by molar-refractivity contribution is -0.140. The topological polar surface area (TPSA) is 144 Å². The molecule has 0 radical (unpaired) electrons. The molecule has 2 aliphatic carbocycles. The molecule has 1 unspecified atom stereocenters. The van der Waals surface area contributed by atoms with E-state index >= 15 is 0 Å². The minimum atomic E-state index is -3.92. The summed E-state index contributed by atoms with van der Waals surface area (Å²) in [6.45, 7) is 6.76. The number of pyridine rings is 1. The van der Waals surface area contributed by atoms with Gasteiger partial charge in [0.1, 0.15) is 23.4 Å². The fourth-order valence-corrected chi connectivity index (χ4v) is 9.17. The van der Waals surface area contributed by atoms with E-state index < -0.39 is 44.3 Å². The summed E-state index contributed by atoms with van der Waals surface area (Å²) in [7, 11) is -3.92. The van der Waals surface area contributed by atoms with Gasteiger partial charge in [-0.1, -0.05) is 38.5 Å². The summed E-state index contributed by atoms with van der Waals surface area (Å²) < 4.78 is 40.0. The second-order valence-electron chi connectivity index (χ2n) is 15.2. The van der Waals surface area contributed by atoms with Crippen molar-refractivity contribution in [2.45, 2.75) is 114 Å². The van der Waals surface area contributed by atoms with Crippen molar-refractivity contribution in [2.24, 2.45) is 17.8 Å². The van der Waals surface area contributed by atoms with E-state index in [-0.39, 0.29) is 37.1 Å². The van der Waals surface area contributed by atoms with E-state index in [9.17, 15) is 22.8 Å². The number of sulfonamides is 1. The minimum absolute atomic E-state index is 0.123. The van der Waals surface area contributed by atoms with E-state index in [1.807, 2.05) is 30.4 Å². The lowest BCUT2D eigenvalue weighted by Gasteiger charge is -2.28. The molecule has 5 aliphatic rings. The second-order valence-corrected chi connectivity index (χ2v) is 17.4. The molecule has 3 aliphatic heterocycles. The highest BCUT2D eigenvalue weighted by molar-refractivity contribution is 7.91. The van der Waals surface area contributed by atoms with Crippen LogP contribution in [-0.2, 0) is 30.8 Å². The molecule has 3 amide bonds. The van der Waals surface area contributed by atoms with Crippen LogP contribution in [-0.4, -0.2) is 71.6 Å². The van der Waals surface area contributed by atoms with Gasteiger partial charge in [-0.2, -0.15) is 0 Å².